The Balaban J connectivity index is 2.79. The first-order valence-electron chi connectivity index (χ1n) is 3.74. The highest BCUT2D eigenvalue weighted by Crippen LogP contribution is 2.24. The summed E-state index contributed by atoms with van der Waals surface area (Å²) in [4.78, 5) is 10.5. The average Bonchev–Trinajstić information content (AvgIpc) is 2.32. The first-order chi connectivity index (χ1) is 5.52. The summed E-state index contributed by atoms with van der Waals surface area (Å²) >= 11 is 0. The summed E-state index contributed by atoms with van der Waals surface area (Å²) in [5.74, 6) is -0.797. The van der Waals surface area contributed by atoms with E-state index >= 15 is 0 Å². The highest BCUT2D eigenvalue weighted by molar-refractivity contribution is 5.68. The van der Waals surface area contributed by atoms with Crippen LogP contribution < -0.4 is 0 Å². The van der Waals surface area contributed by atoms with Gasteiger partial charge in [0.1, 0.15) is 0 Å². The molecule has 0 atom stereocenters. The number of nitrogens with zero attached hydrogens (tertiary/aromatic N) is 1. The van der Waals surface area contributed by atoms with Crippen molar-refractivity contribution in [2.24, 2.45) is 0 Å². The van der Waals surface area contributed by atoms with E-state index in [1.54, 1.807) is 12.3 Å². The lowest BCUT2D eigenvalue weighted by atomic mass is 9.86. The maximum atomic E-state index is 10.5. The van der Waals surface area contributed by atoms with E-state index < -0.39 is 5.97 Å². The summed E-state index contributed by atoms with van der Waals surface area (Å²) < 4.78 is 0. The van der Waals surface area contributed by atoms with Gasteiger partial charge < -0.3 is 5.11 Å². The number of hydrogen-bond donors (Lipinski definition) is 2. The Kier molecular flexibility index (Phi) is 2.17. The molecule has 0 spiro atoms. The maximum Gasteiger partial charge on any atom is 0.304 e. The molecule has 0 bridgehead atoms. The third kappa shape index (κ3) is 1.84. The zero-order valence-electron chi connectivity index (χ0n) is 7.16. The SMILES string of the molecule is CC(C)(CC(=O)O)c1ccn[nH]1. The normalized spacial score (nSPS) is 11.5. The molecule has 1 aromatic heterocycles. The van der Waals surface area contributed by atoms with E-state index in [9.17, 15) is 4.79 Å². The van der Waals surface area contributed by atoms with Gasteiger partial charge in [-0.05, 0) is 6.07 Å². The Labute approximate surface area is 70.6 Å². The molecule has 0 aromatic carbocycles. The first-order valence-corrected chi connectivity index (χ1v) is 3.74. The van der Waals surface area contributed by atoms with Gasteiger partial charge in [-0.15, -0.1) is 0 Å². The van der Waals surface area contributed by atoms with Crippen molar-refractivity contribution >= 4 is 5.97 Å². The minimum Gasteiger partial charge on any atom is -0.481 e. The van der Waals surface area contributed by atoms with Crippen molar-refractivity contribution in [3.8, 4) is 0 Å². The van der Waals surface area contributed by atoms with E-state index in [1.807, 2.05) is 13.8 Å². The quantitative estimate of drug-likeness (QED) is 0.711. The number of carboxylic acids is 1. The number of hydrogen-bond acceptors (Lipinski definition) is 2. The highest BCUT2D eigenvalue weighted by atomic mass is 16.4. The number of H-pyrrole nitrogens is 1. The second-order valence-electron chi connectivity index (χ2n) is 3.42. The maximum absolute atomic E-state index is 10.5. The van der Waals surface area contributed by atoms with Crippen molar-refractivity contribution in [3.63, 3.8) is 0 Å². The van der Waals surface area contributed by atoms with Gasteiger partial charge in [-0.3, -0.25) is 9.89 Å². The van der Waals surface area contributed by atoms with Crippen molar-refractivity contribution in [1.82, 2.24) is 10.2 Å². The summed E-state index contributed by atoms with van der Waals surface area (Å²) in [6.07, 6.45) is 1.73. The third-order valence-corrected chi connectivity index (χ3v) is 1.82. The van der Waals surface area contributed by atoms with Crippen LogP contribution >= 0.6 is 0 Å². The standard InChI is InChI=1S/C8H12N2O2/c1-8(2,5-7(11)12)6-3-4-9-10-6/h3-4H,5H2,1-2H3,(H,9,10)(H,11,12). The van der Waals surface area contributed by atoms with Gasteiger partial charge >= 0.3 is 5.97 Å². The van der Waals surface area contributed by atoms with Crippen LogP contribution in [-0.4, -0.2) is 21.3 Å². The summed E-state index contributed by atoms with van der Waals surface area (Å²) in [6.45, 7) is 3.74. The Morgan fingerprint density at radius 1 is 1.75 bits per heavy atom. The smallest absolute Gasteiger partial charge is 0.304 e. The third-order valence-electron chi connectivity index (χ3n) is 1.82. The number of aromatic nitrogens is 2. The number of nitrogens with one attached hydrogen (secondary N) is 1. The van der Waals surface area contributed by atoms with Crippen LogP contribution in [0.3, 0.4) is 0 Å². The van der Waals surface area contributed by atoms with Crippen LogP contribution in [0.2, 0.25) is 0 Å². The van der Waals surface area contributed by atoms with Gasteiger partial charge in [0.05, 0.1) is 6.42 Å². The molecule has 1 aromatic rings. The molecule has 0 amide bonds. The predicted molar refractivity (Wildman–Crippen MR) is 43.9 cm³/mol. The minimum atomic E-state index is -0.797. The fourth-order valence-corrected chi connectivity index (χ4v) is 1.11. The van der Waals surface area contributed by atoms with Gasteiger partial charge in [0.25, 0.3) is 0 Å². The van der Waals surface area contributed by atoms with Crippen LogP contribution in [0, 0.1) is 0 Å². The first kappa shape index (κ1) is 8.77. The molecule has 1 rings (SSSR count). The monoisotopic (exact) mass is 168 g/mol. The molecular formula is C8H12N2O2. The molecule has 0 radical (unpaired) electrons. The number of carbonyl (C=O) groups is 1. The largest absolute Gasteiger partial charge is 0.481 e. The van der Waals surface area contributed by atoms with Gasteiger partial charge in [0, 0.05) is 17.3 Å². The molecular weight excluding hydrogens is 156 g/mol. The molecule has 12 heavy (non-hydrogen) atoms. The molecule has 1 heterocycles. The van der Waals surface area contributed by atoms with Crippen molar-refractivity contribution in [2.45, 2.75) is 25.7 Å². The molecule has 0 aliphatic rings. The molecule has 0 aliphatic heterocycles. The lowest BCUT2D eigenvalue weighted by molar-refractivity contribution is -0.138. The van der Waals surface area contributed by atoms with Crippen molar-refractivity contribution in [2.75, 3.05) is 0 Å². The van der Waals surface area contributed by atoms with E-state index in [0.29, 0.717) is 0 Å². The predicted octanol–water partition coefficient (Wildman–Crippen LogP) is 1.16. The van der Waals surface area contributed by atoms with Crippen LogP contribution in [0.5, 0.6) is 0 Å². The van der Waals surface area contributed by atoms with Crippen molar-refractivity contribution < 1.29 is 9.90 Å². The summed E-state index contributed by atoms with van der Waals surface area (Å²) in [7, 11) is 0. The lowest BCUT2D eigenvalue weighted by Crippen LogP contribution is -2.22. The van der Waals surface area contributed by atoms with Gasteiger partial charge in [-0.2, -0.15) is 5.10 Å². The van der Waals surface area contributed by atoms with Gasteiger partial charge in [-0.25, -0.2) is 0 Å². The molecule has 4 heteroatoms. The zero-order chi connectivity index (χ0) is 9.19. The van der Waals surface area contributed by atoms with E-state index in [1.165, 1.54) is 0 Å². The van der Waals surface area contributed by atoms with E-state index in [-0.39, 0.29) is 11.8 Å². The molecule has 0 saturated carbocycles. The topological polar surface area (TPSA) is 66.0 Å². The van der Waals surface area contributed by atoms with Crippen molar-refractivity contribution in [3.05, 3.63) is 18.0 Å². The molecule has 0 aliphatic carbocycles. The van der Waals surface area contributed by atoms with Crippen LogP contribution in [0.15, 0.2) is 12.3 Å². The van der Waals surface area contributed by atoms with E-state index in [0.717, 1.165) is 5.69 Å². The fourth-order valence-electron chi connectivity index (χ4n) is 1.11. The van der Waals surface area contributed by atoms with Gasteiger partial charge in [0.15, 0.2) is 0 Å². The number of aliphatic carboxylic acids is 1. The van der Waals surface area contributed by atoms with Crippen LogP contribution in [-0.2, 0) is 10.2 Å². The second-order valence-corrected chi connectivity index (χ2v) is 3.42. The Morgan fingerprint density at radius 3 is 2.83 bits per heavy atom. The van der Waals surface area contributed by atoms with Gasteiger partial charge in [-0.1, -0.05) is 13.8 Å². The average molecular weight is 168 g/mol. The minimum absolute atomic E-state index is 0.106. The molecule has 0 fully saturated rings. The van der Waals surface area contributed by atoms with E-state index in [2.05, 4.69) is 10.2 Å². The molecule has 4 nitrogen and oxygen atoms in total. The number of aromatic amines is 1. The lowest BCUT2D eigenvalue weighted by Gasteiger charge is -2.19. The molecule has 2 N–H and O–H groups in total. The number of rotatable bonds is 3. The van der Waals surface area contributed by atoms with Crippen LogP contribution in [0.1, 0.15) is 26.0 Å². The highest BCUT2D eigenvalue weighted by Gasteiger charge is 2.25. The Bertz CT molecular complexity index is 265. The van der Waals surface area contributed by atoms with Crippen molar-refractivity contribution in [1.29, 1.82) is 0 Å². The summed E-state index contributed by atoms with van der Waals surface area (Å²) in [5.41, 5.74) is 0.479. The molecule has 66 valence electrons. The van der Waals surface area contributed by atoms with Crippen LogP contribution in [0.25, 0.3) is 0 Å². The molecule has 0 unspecified atom stereocenters. The summed E-state index contributed by atoms with van der Waals surface area (Å²) in [5, 5.41) is 15.2. The fraction of sp³-hybridized carbons (Fsp3) is 0.500. The number of carboxylic acid groups (broad SMARTS) is 1. The summed E-state index contributed by atoms with van der Waals surface area (Å²) in [6, 6.07) is 1.79. The second kappa shape index (κ2) is 2.97. The van der Waals surface area contributed by atoms with E-state index in [4.69, 9.17) is 5.11 Å². The Hall–Kier alpha value is -1.32. The Morgan fingerprint density at radius 2 is 2.42 bits per heavy atom. The van der Waals surface area contributed by atoms with Gasteiger partial charge in [0.2, 0.25) is 0 Å². The molecule has 0 saturated heterocycles. The zero-order valence-corrected chi connectivity index (χ0v) is 7.16. The van der Waals surface area contributed by atoms with Crippen LogP contribution in [0.4, 0.5) is 0 Å².